The van der Waals surface area contributed by atoms with E-state index in [0.717, 1.165) is 11.8 Å². The quantitative estimate of drug-likeness (QED) is 0.288. The van der Waals surface area contributed by atoms with E-state index in [2.05, 4.69) is 10.1 Å². The highest BCUT2D eigenvalue weighted by Gasteiger charge is 2.31. The van der Waals surface area contributed by atoms with Crippen molar-refractivity contribution >= 4 is 32.9 Å². The molecule has 1 aliphatic rings. The van der Waals surface area contributed by atoms with Crippen molar-refractivity contribution < 1.29 is 27.9 Å². The van der Waals surface area contributed by atoms with Crippen LogP contribution < -0.4 is 4.74 Å². The minimum Gasteiger partial charge on any atom is -0.511 e. The first-order valence-corrected chi connectivity index (χ1v) is 12.9. The molecule has 8 nitrogen and oxygen atoms in total. The van der Waals surface area contributed by atoms with Gasteiger partial charge in [0.05, 0.1) is 16.2 Å². The number of carbonyl (C=O) groups excluding carboxylic acids is 1. The zero-order valence-electron chi connectivity index (χ0n) is 18.8. The molecule has 0 saturated heterocycles. The number of nitrogens with zero attached hydrogens (tertiary/aromatic N) is 2. The highest BCUT2D eigenvalue weighted by atomic mass is 35.5. The number of carbonyl (C=O) groups is 1. The van der Waals surface area contributed by atoms with Gasteiger partial charge in [-0.1, -0.05) is 35.8 Å². The summed E-state index contributed by atoms with van der Waals surface area (Å²) in [5, 5.41) is 14.7. The number of benzene rings is 1. The van der Waals surface area contributed by atoms with Gasteiger partial charge in [-0.3, -0.25) is 4.79 Å². The van der Waals surface area contributed by atoms with Gasteiger partial charge in [0, 0.05) is 36.9 Å². The van der Waals surface area contributed by atoms with Crippen LogP contribution in [0, 0.1) is 0 Å². The predicted molar refractivity (Wildman–Crippen MR) is 129 cm³/mol. The second kappa shape index (κ2) is 11.3. The standard InChI is InChI=1S/C24H25ClN2O6S/c1-3-20(27-32-11-5-10-25)24-21(28)13-17(14-22(24)29)16-6-4-7-18(12-16)33-23-9-8-19(15-26-23)34(2,30)31/h4-10,12,15,17,28H,3,11,13-14H2,1-2H3/b10-5+,27-20+. The number of hydrogen-bond acceptors (Lipinski definition) is 8. The van der Waals surface area contributed by atoms with Crippen molar-refractivity contribution in [2.24, 2.45) is 5.16 Å². The van der Waals surface area contributed by atoms with Gasteiger partial charge < -0.3 is 14.7 Å². The molecule has 0 fully saturated rings. The molecular formula is C24H25ClN2O6S. The van der Waals surface area contributed by atoms with Gasteiger partial charge in [-0.05, 0) is 42.2 Å². The number of oxime groups is 1. The normalized spacial score (nSPS) is 17.3. The van der Waals surface area contributed by atoms with Crippen LogP contribution in [0.2, 0.25) is 0 Å². The molecule has 1 aromatic heterocycles. The van der Waals surface area contributed by atoms with Crippen LogP contribution in [0.1, 0.15) is 37.7 Å². The molecule has 0 saturated carbocycles. The monoisotopic (exact) mass is 504 g/mol. The zero-order valence-corrected chi connectivity index (χ0v) is 20.3. The van der Waals surface area contributed by atoms with E-state index in [1.807, 2.05) is 13.0 Å². The number of sulfone groups is 1. The Labute approximate surface area is 203 Å². The molecule has 0 bridgehead atoms. The lowest BCUT2D eigenvalue weighted by molar-refractivity contribution is -0.116. The first-order valence-electron chi connectivity index (χ1n) is 10.6. The number of aliphatic hydroxyl groups is 1. The number of aliphatic hydroxyl groups excluding tert-OH is 1. The zero-order chi connectivity index (χ0) is 24.7. The Morgan fingerprint density at radius 3 is 2.71 bits per heavy atom. The van der Waals surface area contributed by atoms with E-state index in [1.54, 1.807) is 24.3 Å². The van der Waals surface area contributed by atoms with Crippen molar-refractivity contribution in [3.05, 3.63) is 71.1 Å². The van der Waals surface area contributed by atoms with Crippen molar-refractivity contribution in [1.29, 1.82) is 0 Å². The van der Waals surface area contributed by atoms with Gasteiger partial charge in [-0.15, -0.1) is 0 Å². The van der Waals surface area contributed by atoms with Crippen LogP contribution in [0.3, 0.4) is 0 Å². The summed E-state index contributed by atoms with van der Waals surface area (Å²) in [7, 11) is -3.35. The second-order valence-electron chi connectivity index (χ2n) is 7.68. The van der Waals surface area contributed by atoms with Crippen molar-refractivity contribution in [2.45, 2.75) is 37.0 Å². The van der Waals surface area contributed by atoms with E-state index >= 15 is 0 Å². The lowest BCUT2D eigenvalue weighted by atomic mass is 9.81. The van der Waals surface area contributed by atoms with Crippen molar-refractivity contribution in [3.63, 3.8) is 0 Å². The van der Waals surface area contributed by atoms with E-state index in [4.69, 9.17) is 21.2 Å². The van der Waals surface area contributed by atoms with Gasteiger partial charge in [-0.25, -0.2) is 13.4 Å². The molecule has 1 unspecified atom stereocenters. The van der Waals surface area contributed by atoms with E-state index in [0.29, 0.717) is 17.9 Å². The van der Waals surface area contributed by atoms with E-state index in [-0.39, 0.29) is 53.3 Å². The van der Waals surface area contributed by atoms with Gasteiger partial charge >= 0.3 is 0 Å². The van der Waals surface area contributed by atoms with Gasteiger partial charge in [0.2, 0.25) is 5.88 Å². The molecule has 0 amide bonds. The van der Waals surface area contributed by atoms with Crippen LogP contribution in [0.4, 0.5) is 0 Å². The lowest BCUT2D eigenvalue weighted by Crippen LogP contribution is -2.23. The van der Waals surface area contributed by atoms with Crippen LogP contribution in [0.15, 0.2) is 75.6 Å². The summed E-state index contributed by atoms with van der Waals surface area (Å²) < 4.78 is 28.9. The van der Waals surface area contributed by atoms with Gasteiger partial charge in [0.1, 0.15) is 18.1 Å². The number of allylic oxidation sites excluding steroid dienone is 2. The highest BCUT2D eigenvalue weighted by Crippen LogP contribution is 2.36. The Morgan fingerprint density at radius 1 is 1.29 bits per heavy atom. The fraction of sp³-hybridized carbons (Fsp3) is 0.292. The van der Waals surface area contributed by atoms with Crippen molar-refractivity contribution in [1.82, 2.24) is 4.98 Å². The van der Waals surface area contributed by atoms with Gasteiger partial charge in [0.25, 0.3) is 0 Å². The van der Waals surface area contributed by atoms with Gasteiger partial charge in [0.15, 0.2) is 15.6 Å². The molecular weight excluding hydrogens is 480 g/mol. The maximum absolute atomic E-state index is 12.9. The van der Waals surface area contributed by atoms with Crippen molar-refractivity contribution in [2.75, 3.05) is 12.9 Å². The number of ketones is 1. The fourth-order valence-corrected chi connectivity index (χ4v) is 4.17. The minimum atomic E-state index is -3.35. The summed E-state index contributed by atoms with van der Waals surface area (Å²) in [6.07, 6.45) is 4.80. The molecule has 34 heavy (non-hydrogen) atoms. The Balaban J connectivity index is 1.76. The number of rotatable bonds is 9. The third kappa shape index (κ3) is 6.45. The first kappa shape index (κ1) is 25.5. The number of Topliss-reactive ketones (excluding diaryl/α,β-unsaturated/α-hetero) is 1. The molecule has 1 aliphatic carbocycles. The maximum Gasteiger partial charge on any atom is 0.219 e. The van der Waals surface area contributed by atoms with Crippen molar-refractivity contribution in [3.8, 4) is 11.6 Å². The molecule has 10 heteroatoms. The van der Waals surface area contributed by atoms with E-state index in [9.17, 15) is 18.3 Å². The van der Waals surface area contributed by atoms with Crippen LogP contribution in [-0.4, -0.2) is 42.9 Å². The molecule has 0 aliphatic heterocycles. The predicted octanol–water partition coefficient (Wildman–Crippen LogP) is 5.07. The topological polar surface area (TPSA) is 115 Å². The first-order chi connectivity index (χ1) is 16.2. The van der Waals surface area contributed by atoms with E-state index in [1.165, 1.54) is 23.9 Å². The smallest absolute Gasteiger partial charge is 0.219 e. The number of ether oxygens (including phenoxy) is 1. The maximum atomic E-state index is 12.9. The van der Waals surface area contributed by atoms with Crippen LogP contribution in [0.25, 0.3) is 0 Å². The molecule has 180 valence electrons. The molecule has 3 rings (SSSR count). The number of hydrogen-bond donors (Lipinski definition) is 1. The molecule has 2 aromatic rings. The average molecular weight is 505 g/mol. The summed E-state index contributed by atoms with van der Waals surface area (Å²) in [5.74, 6) is 0.244. The molecule has 1 N–H and O–H groups in total. The third-order valence-corrected chi connectivity index (χ3v) is 6.46. The Bertz CT molecular complexity index is 1240. The largest absolute Gasteiger partial charge is 0.511 e. The summed E-state index contributed by atoms with van der Waals surface area (Å²) in [6, 6.07) is 10.1. The third-order valence-electron chi connectivity index (χ3n) is 5.19. The molecule has 1 heterocycles. The molecule has 0 radical (unpaired) electrons. The summed E-state index contributed by atoms with van der Waals surface area (Å²) in [4.78, 5) is 22.2. The Morgan fingerprint density at radius 2 is 2.09 bits per heavy atom. The van der Waals surface area contributed by atoms with Gasteiger partial charge in [-0.2, -0.15) is 0 Å². The number of halogens is 1. The summed E-state index contributed by atoms with van der Waals surface area (Å²) in [5.41, 5.74) is 2.73. The lowest BCUT2D eigenvalue weighted by Gasteiger charge is -2.24. The Hall–Kier alpha value is -3.17. The molecule has 1 aromatic carbocycles. The highest BCUT2D eigenvalue weighted by molar-refractivity contribution is 7.90. The number of aromatic nitrogens is 1. The number of pyridine rings is 1. The molecule has 0 spiro atoms. The SMILES string of the molecule is CC/C(=N\OC/C=C/Cl)C1=C(O)CC(c2cccc(Oc3ccc(S(C)(=O)=O)cn3)c2)CC1=O. The van der Waals surface area contributed by atoms with Crippen LogP contribution in [-0.2, 0) is 19.5 Å². The summed E-state index contributed by atoms with van der Waals surface area (Å²) >= 11 is 5.45. The van der Waals surface area contributed by atoms with E-state index < -0.39 is 9.84 Å². The molecule has 1 atom stereocenters. The summed E-state index contributed by atoms with van der Waals surface area (Å²) in [6.45, 7) is 1.99. The fourth-order valence-electron chi connectivity index (χ4n) is 3.54. The average Bonchev–Trinajstić information content (AvgIpc) is 2.80. The second-order valence-corrected chi connectivity index (χ2v) is 9.95. The van der Waals surface area contributed by atoms with Crippen LogP contribution in [0.5, 0.6) is 11.6 Å². The Kier molecular flexibility index (Phi) is 8.46. The minimum absolute atomic E-state index is 0.0253. The van der Waals surface area contributed by atoms with Crippen LogP contribution >= 0.6 is 11.6 Å².